The van der Waals surface area contributed by atoms with E-state index in [9.17, 15) is 0 Å². The van der Waals surface area contributed by atoms with E-state index in [2.05, 4.69) is 112 Å². The van der Waals surface area contributed by atoms with Crippen LogP contribution in [-0.2, 0) is 12.8 Å². The fourth-order valence-electron chi connectivity index (χ4n) is 3.19. The van der Waals surface area contributed by atoms with E-state index in [1.807, 2.05) is 0 Å². The molecule has 0 aromatic heterocycles. The number of allylic oxidation sites excluding steroid dienone is 4. The maximum atomic E-state index is 3.81. The predicted octanol–water partition coefficient (Wildman–Crippen LogP) is 8.62. The van der Waals surface area contributed by atoms with Gasteiger partial charge in [0.25, 0.3) is 0 Å². The molecule has 144 valence electrons. The van der Waals surface area contributed by atoms with Gasteiger partial charge < -0.3 is 0 Å². The third-order valence-corrected chi connectivity index (χ3v) is 5.70. The van der Waals surface area contributed by atoms with Crippen molar-refractivity contribution in [1.29, 1.82) is 0 Å². The largest absolute Gasteiger partial charge is 0.0671 e. The average Bonchev–Trinajstić information content (AvgIpc) is 2.66. The molecule has 2 aromatic carbocycles. The Hall–Kier alpha value is -1.12. The Morgan fingerprint density at radius 2 is 1.22 bits per heavy atom. The number of hydrogen-bond acceptors (Lipinski definition) is 0. The highest BCUT2D eigenvalue weighted by Gasteiger charge is 2.07. The number of unbranched alkanes of at least 4 members (excludes halogenated alkanes) is 3. The first kappa shape index (κ1) is 22.2. The van der Waals surface area contributed by atoms with Gasteiger partial charge >= 0.3 is 0 Å². The van der Waals surface area contributed by atoms with Crippen LogP contribution in [0.4, 0.5) is 0 Å². The van der Waals surface area contributed by atoms with Gasteiger partial charge in [-0.25, -0.2) is 0 Å². The molecule has 0 amide bonds. The third kappa shape index (κ3) is 9.58. The van der Waals surface area contributed by atoms with Gasteiger partial charge in [0, 0.05) is 12.8 Å². The minimum Gasteiger partial charge on any atom is -0.0671 e. The maximum Gasteiger partial charge on any atom is 0.00376 e. The molecule has 0 aliphatic heterocycles. The molecule has 0 nitrogen and oxygen atoms in total. The van der Waals surface area contributed by atoms with Crippen LogP contribution in [-0.4, -0.2) is 0 Å². The van der Waals surface area contributed by atoms with E-state index in [0.717, 1.165) is 12.8 Å². The van der Waals surface area contributed by atoms with Crippen LogP contribution in [0, 0.1) is 5.92 Å². The molecule has 2 heteroatoms. The fraction of sp³-hybridized carbons (Fsp3) is 0.360. The Kier molecular flexibility index (Phi) is 10.8. The molecule has 0 radical (unpaired) electrons. The lowest BCUT2D eigenvalue weighted by atomic mass is 9.98. The van der Waals surface area contributed by atoms with Gasteiger partial charge in [-0.1, -0.05) is 137 Å². The minimum absolute atomic E-state index is 0.457. The topological polar surface area (TPSA) is 0 Å². The van der Waals surface area contributed by atoms with Gasteiger partial charge in [0.2, 0.25) is 0 Å². The molecule has 0 spiro atoms. The van der Waals surface area contributed by atoms with Crippen molar-refractivity contribution < 1.29 is 0 Å². The molecule has 0 N–H and O–H groups in total. The van der Waals surface area contributed by atoms with E-state index < -0.39 is 0 Å². The fourth-order valence-corrected chi connectivity index (χ4v) is 4.51. The molecule has 0 fully saturated rings. The molecule has 2 rings (SSSR count). The molecular weight excluding hydrogens is 460 g/mol. The van der Waals surface area contributed by atoms with Crippen LogP contribution >= 0.6 is 31.9 Å². The van der Waals surface area contributed by atoms with Crippen LogP contribution in [0.2, 0.25) is 0 Å². The summed E-state index contributed by atoms with van der Waals surface area (Å²) in [7, 11) is 0. The summed E-state index contributed by atoms with van der Waals surface area (Å²) in [5.41, 5.74) is 2.69. The first-order valence-corrected chi connectivity index (χ1v) is 11.6. The highest BCUT2D eigenvalue weighted by atomic mass is 79.9. The summed E-state index contributed by atoms with van der Waals surface area (Å²) in [6, 6.07) is 21.3. The normalized spacial score (nSPS) is 13.6. The number of benzene rings is 2. The summed E-state index contributed by atoms with van der Waals surface area (Å²) < 4.78 is 2.54. The Balaban J connectivity index is 2.04. The zero-order chi connectivity index (χ0) is 19.3. The van der Waals surface area contributed by atoms with E-state index >= 15 is 0 Å². The van der Waals surface area contributed by atoms with E-state index in [0.29, 0.717) is 5.92 Å². The van der Waals surface area contributed by atoms with Crippen molar-refractivity contribution >= 4 is 31.9 Å². The molecule has 0 aliphatic rings. The maximum absolute atomic E-state index is 3.81. The Morgan fingerprint density at radius 1 is 0.741 bits per heavy atom. The van der Waals surface area contributed by atoms with Gasteiger partial charge in [0.05, 0.1) is 0 Å². The second-order valence-electron chi connectivity index (χ2n) is 7.07. The van der Waals surface area contributed by atoms with Crippen molar-refractivity contribution in [1.82, 2.24) is 0 Å². The summed E-state index contributed by atoms with van der Waals surface area (Å²) in [4.78, 5) is 0. The van der Waals surface area contributed by atoms with E-state index in [4.69, 9.17) is 0 Å². The quantitative estimate of drug-likeness (QED) is 0.277. The molecule has 0 saturated carbocycles. The van der Waals surface area contributed by atoms with Crippen LogP contribution in [0.3, 0.4) is 0 Å². The lowest BCUT2D eigenvalue weighted by molar-refractivity contribution is 0.588. The van der Waals surface area contributed by atoms with Gasteiger partial charge in [0.1, 0.15) is 0 Å². The first-order chi connectivity index (χ1) is 13.2. The molecule has 0 heterocycles. The zero-order valence-electron chi connectivity index (χ0n) is 16.2. The Morgan fingerprint density at radius 3 is 1.67 bits per heavy atom. The minimum atomic E-state index is 0.457. The predicted molar refractivity (Wildman–Crippen MR) is 127 cm³/mol. The van der Waals surface area contributed by atoms with E-state index in [-0.39, 0.29) is 0 Å². The highest BCUT2D eigenvalue weighted by Crippen LogP contribution is 2.25. The Labute approximate surface area is 182 Å². The number of halogens is 2. The van der Waals surface area contributed by atoms with Crippen molar-refractivity contribution in [2.75, 3.05) is 0 Å². The van der Waals surface area contributed by atoms with Crippen LogP contribution < -0.4 is 0 Å². The molecule has 27 heavy (non-hydrogen) atoms. The molecule has 1 atom stereocenters. The monoisotopic (exact) mass is 488 g/mol. The summed E-state index contributed by atoms with van der Waals surface area (Å²) >= 11 is 7.62. The molecular formula is C25H30Br2. The lowest BCUT2D eigenvalue weighted by Crippen LogP contribution is -1.97. The average molecular weight is 490 g/mol. The Bertz CT molecular complexity index is 644. The van der Waals surface area contributed by atoms with Gasteiger partial charge in [0.15, 0.2) is 0 Å². The van der Waals surface area contributed by atoms with Crippen molar-refractivity contribution in [2.24, 2.45) is 5.92 Å². The van der Waals surface area contributed by atoms with Crippen molar-refractivity contribution in [3.8, 4) is 0 Å². The van der Waals surface area contributed by atoms with Gasteiger partial charge in [-0.3, -0.25) is 0 Å². The lowest BCUT2D eigenvalue weighted by Gasteiger charge is -2.12. The zero-order valence-corrected chi connectivity index (χ0v) is 19.4. The summed E-state index contributed by atoms with van der Waals surface area (Å²) in [5.74, 6) is 0.457. The number of rotatable bonds is 11. The molecule has 0 saturated heterocycles. The van der Waals surface area contributed by atoms with E-state index in [1.54, 1.807) is 0 Å². The van der Waals surface area contributed by atoms with Gasteiger partial charge in [-0.2, -0.15) is 0 Å². The van der Waals surface area contributed by atoms with Crippen molar-refractivity contribution in [3.05, 3.63) is 92.9 Å². The second kappa shape index (κ2) is 13.1. The van der Waals surface area contributed by atoms with Crippen LogP contribution in [0.5, 0.6) is 0 Å². The second-order valence-corrected chi connectivity index (χ2v) is 9.10. The standard InChI is InChI=1S/C25H30Br2/c1-2-3-4-7-16-23(19-24(26)17-21-12-8-5-9-13-21)20-25(27)18-22-14-10-6-11-15-22/h5-6,8-15,19-20,23H,2-4,7,16-18H2,1H3/b24-19-,25-20+. The molecule has 0 bridgehead atoms. The van der Waals surface area contributed by atoms with Crippen LogP contribution in [0.15, 0.2) is 81.8 Å². The van der Waals surface area contributed by atoms with Gasteiger partial charge in [-0.15, -0.1) is 0 Å². The molecule has 2 aromatic rings. The van der Waals surface area contributed by atoms with Crippen molar-refractivity contribution in [2.45, 2.75) is 51.9 Å². The van der Waals surface area contributed by atoms with E-state index in [1.165, 1.54) is 52.2 Å². The van der Waals surface area contributed by atoms with Crippen LogP contribution in [0.25, 0.3) is 0 Å². The molecule has 0 aliphatic carbocycles. The SMILES string of the molecule is CCCCCCC(/C=C(\Br)Cc1ccccc1)/C=C(/Br)Cc1ccccc1. The smallest absolute Gasteiger partial charge is 0.00376 e. The van der Waals surface area contributed by atoms with Gasteiger partial charge in [-0.05, 0) is 32.4 Å². The first-order valence-electron chi connectivity index (χ1n) is 9.97. The highest BCUT2D eigenvalue weighted by molar-refractivity contribution is 9.12. The molecule has 1 unspecified atom stereocenters. The summed E-state index contributed by atoms with van der Waals surface area (Å²) in [5, 5.41) is 0. The van der Waals surface area contributed by atoms with Crippen LogP contribution in [0.1, 0.15) is 50.2 Å². The third-order valence-electron chi connectivity index (χ3n) is 4.61. The summed E-state index contributed by atoms with van der Waals surface area (Å²) in [6.07, 6.45) is 13.1. The number of hydrogen-bond donors (Lipinski definition) is 0. The van der Waals surface area contributed by atoms with Crippen molar-refractivity contribution in [3.63, 3.8) is 0 Å². The summed E-state index contributed by atoms with van der Waals surface area (Å²) in [6.45, 7) is 2.27.